The van der Waals surface area contributed by atoms with E-state index in [4.69, 9.17) is 0 Å². The Morgan fingerprint density at radius 2 is 1.88 bits per heavy atom. The zero-order chi connectivity index (χ0) is 24.1. The molecule has 0 saturated carbocycles. The first-order chi connectivity index (χ1) is 15.4. The van der Waals surface area contributed by atoms with E-state index in [0.717, 1.165) is 39.5 Å². The molecule has 1 aliphatic heterocycles. The highest BCUT2D eigenvalue weighted by molar-refractivity contribution is 7.90. The van der Waals surface area contributed by atoms with Gasteiger partial charge in [0.1, 0.15) is 11.5 Å². The number of nitrogens with zero attached hydrogens (tertiary/aromatic N) is 4. The first-order valence-electron chi connectivity index (χ1n) is 9.41. The molecule has 14 heteroatoms. The molecular formula is C19H17F2N5O5S2. The largest absolute Gasteiger partial charge is 0.323 e. The Bertz CT molecular complexity index is 1600. The first-order valence-corrected chi connectivity index (χ1v) is 12.7. The van der Waals surface area contributed by atoms with Crippen LogP contribution in [-0.2, 0) is 27.1 Å². The molecule has 1 N–H and O–H groups in total. The number of sulfone groups is 1. The lowest BCUT2D eigenvalue weighted by atomic mass is 10.0. The fraction of sp³-hybridized carbons (Fsp3) is 0.211. The van der Waals surface area contributed by atoms with E-state index < -0.39 is 59.2 Å². The van der Waals surface area contributed by atoms with Crippen molar-refractivity contribution in [2.24, 2.45) is 7.05 Å². The number of hydrogen-bond acceptors (Lipinski definition) is 7. The Labute approximate surface area is 187 Å². The van der Waals surface area contributed by atoms with Crippen molar-refractivity contribution in [2.75, 3.05) is 17.5 Å². The second-order valence-electron chi connectivity index (χ2n) is 7.30. The fourth-order valence-electron chi connectivity index (χ4n) is 3.33. The Balaban J connectivity index is 1.88. The van der Waals surface area contributed by atoms with Crippen LogP contribution in [0.5, 0.6) is 0 Å². The molecule has 4 rings (SSSR count). The van der Waals surface area contributed by atoms with Gasteiger partial charge >= 0.3 is 10.2 Å². The van der Waals surface area contributed by atoms with Crippen LogP contribution in [0.2, 0.25) is 0 Å². The molecule has 0 unspecified atom stereocenters. The van der Waals surface area contributed by atoms with Crippen LogP contribution in [0.3, 0.4) is 0 Å². The molecule has 0 aliphatic carbocycles. The van der Waals surface area contributed by atoms with Gasteiger partial charge in [0, 0.05) is 37.6 Å². The van der Waals surface area contributed by atoms with Crippen molar-refractivity contribution in [1.82, 2.24) is 18.8 Å². The smallest absolute Gasteiger partial charge is 0.295 e. The van der Waals surface area contributed by atoms with E-state index in [2.05, 4.69) is 14.7 Å². The minimum absolute atomic E-state index is 0.0577. The van der Waals surface area contributed by atoms with Crippen molar-refractivity contribution in [1.29, 1.82) is 0 Å². The van der Waals surface area contributed by atoms with Gasteiger partial charge in [-0.25, -0.2) is 22.2 Å². The summed E-state index contributed by atoms with van der Waals surface area (Å²) >= 11 is 0. The second kappa shape index (κ2) is 7.88. The summed E-state index contributed by atoms with van der Waals surface area (Å²) in [6, 6.07) is 2.87. The monoisotopic (exact) mass is 497 g/mol. The van der Waals surface area contributed by atoms with Crippen molar-refractivity contribution in [3.8, 4) is 11.1 Å². The van der Waals surface area contributed by atoms with Gasteiger partial charge in [-0.05, 0) is 24.6 Å². The zero-order valence-electron chi connectivity index (χ0n) is 17.3. The van der Waals surface area contributed by atoms with Crippen LogP contribution in [0.1, 0.15) is 6.42 Å². The number of aromatic nitrogens is 3. The third kappa shape index (κ3) is 4.06. The average molecular weight is 498 g/mol. The molecule has 1 aliphatic rings. The molecule has 1 aromatic carbocycles. The molecule has 0 spiro atoms. The summed E-state index contributed by atoms with van der Waals surface area (Å²) in [5.41, 5.74) is -2.64. The van der Waals surface area contributed by atoms with Crippen LogP contribution < -0.4 is 10.3 Å². The Morgan fingerprint density at radius 1 is 1.15 bits per heavy atom. The zero-order valence-corrected chi connectivity index (χ0v) is 18.9. The molecule has 174 valence electrons. The highest BCUT2D eigenvalue weighted by atomic mass is 32.2. The lowest BCUT2D eigenvalue weighted by Crippen LogP contribution is -2.30. The Morgan fingerprint density at radius 3 is 2.52 bits per heavy atom. The lowest BCUT2D eigenvalue weighted by molar-refractivity contribution is 0.521. The minimum Gasteiger partial charge on any atom is -0.295 e. The van der Waals surface area contributed by atoms with Gasteiger partial charge in [-0.1, -0.05) is 6.08 Å². The maximum Gasteiger partial charge on any atom is 0.323 e. The Hall–Kier alpha value is -3.39. The quantitative estimate of drug-likeness (QED) is 0.529. The summed E-state index contributed by atoms with van der Waals surface area (Å²) in [5.74, 6) is -2.38. The molecule has 0 amide bonds. The molecule has 3 aromatic rings. The third-order valence-electron chi connectivity index (χ3n) is 4.95. The van der Waals surface area contributed by atoms with Gasteiger partial charge in [0.05, 0.1) is 16.8 Å². The maximum absolute atomic E-state index is 15.3. The van der Waals surface area contributed by atoms with Crippen LogP contribution in [0.15, 0.2) is 46.6 Å². The first kappa shape index (κ1) is 22.8. The molecule has 2 aromatic heterocycles. The van der Waals surface area contributed by atoms with Gasteiger partial charge < -0.3 is 0 Å². The summed E-state index contributed by atoms with van der Waals surface area (Å²) in [6.07, 6.45) is 5.46. The molecule has 0 radical (unpaired) electrons. The summed E-state index contributed by atoms with van der Waals surface area (Å²) < 4.78 is 82.3. The number of halogens is 2. The van der Waals surface area contributed by atoms with Crippen molar-refractivity contribution < 1.29 is 25.6 Å². The van der Waals surface area contributed by atoms with Crippen molar-refractivity contribution in [3.05, 3.63) is 58.7 Å². The van der Waals surface area contributed by atoms with Crippen LogP contribution in [0.4, 0.5) is 14.5 Å². The van der Waals surface area contributed by atoms with Gasteiger partial charge in [-0.15, -0.1) is 0 Å². The van der Waals surface area contributed by atoms with Crippen LogP contribution in [-0.4, -0.2) is 48.5 Å². The third-order valence-corrected chi connectivity index (χ3v) is 7.21. The molecule has 0 fully saturated rings. The standard InChI is InChI=1S/C19H17F2N5O5S2/c1-25-17-11(10-22-19(23-17)32(2,28)29)9-12(18(25)27)15-13(20)5-6-14(16(15)21)24-33(30,31)26-7-3-4-8-26/h3,5-7,9-10,24H,4,8H2,1-2H3. The van der Waals surface area contributed by atoms with E-state index in [-0.39, 0.29) is 17.6 Å². The number of nitrogens with one attached hydrogen (secondary N) is 1. The van der Waals surface area contributed by atoms with E-state index in [9.17, 15) is 26.0 Å². The highest BCUT2D eigenvalue weighted by Crippen LogP contribution is 2.31. The normalized spacial score (nSPS) is 14.2. The van der Waals surface area contributed by atoms with E-state index in [0.29, 0.717) is 6.42 Å². The number of hydrogen-bond donors (Lipinski definition) is 1. The van der Waals surface area contributed by atoms with Gasteiger partial charge in [0.25, 0.3) is 5.56 Å². The predicted octanol–water partition coefficient (Wildman–Crippen LogP) is 1.55. The molecule has 33 heavy (non-hydrogen) atoms. The Kier molecular flexibility index (Phi) is 5.44. The minimum atomic E-state index is -4.15. The van der Waals surface area contributed by atoms with Crippen LogP contribution in [0, 0.1) is 11.6 Å². The average Bonchev–Trinajstić information content (AvgIpc) is 3.29. The fourth-order valence-corrected chi connectivity index (χ4v) is 4.97. The van der Waals surface area contributed by atoms with Gasteiger partial charge in [0.2, 0.25) is 15.0 Å². The number of benzene rings is 1. The van der Waals surface area contributed by atoms with Gasteiger partial charge in [0.15, 0.2) is 5.82 Å². The number of anilines is 1. The number of rotatable bonds is 5. The predicted molar refractivity (Wildman–Crippen MR) is 116 cm³/mol. The van der Waals surface area contributed by atoms with Crippen molar-refractivity contribution in [2.45, 2.75) is 11.6 Å². The molecule has 0 atom stereocenters. The second-order valence-corrected chi connectivity index (χ2v) is 10.8. The van der Waals surface area contributed by atoms with Crippen LogP contribution in [0.25, 0.3) is 22.2 Å². The molecule has 10 nitrogen and oxygen atoms in total. The van der Waals surface area contributed by atoms with Crippen LogP contribution >= 0.6 is 0 Å². The van der Waals surface area contributed by atoms with Gasteiger partial charge in [-0.3, -0.25) is 18.4 Å². The van der Waals surface area contributed by atoms with E-state index in [1.54, 1.807) is 6.08 Å². The highest BCUT2D eigenvalue weighted by Gasteiger charge is 2.26. The number of aryl methyl sites for hydroxylation is 1. The lowest BCUT2D eigenvalue weighted by Gasteiger charge is -2.18. The van der Waals surface area contributed by atoms with Gasteiger partial charge in [-0.2, -0.15) is 13.4 Å². The molecule has 3 heterocycles. The molecular weight excluding hydrogens is 480 g/mol. The summed E-state index contributed by atoms with van der Waals surface area (Å²) in [5, 5.41) is -0.367. The van der Waals surface area contributed by atoms with E-state index in [1.807, 2.05) is 0 Å². The summed E-state index contributed by atoms with van der Waals surface area (Å²) in [4.78, 5) is 20.5. The summed E-state index contributed by atoms with van der Waals surface area (Å²) in [7, 11) is -6.65. The van der Waals surface area contributed by atoms with Crippen molar-refractivity contribution in [3.63, 3.8) is 0 Å². The summed E-state index contributed by atoms with van der Waals surface area (Å²) in [6.45, 7) is 0.172. The molecule has 0 bridgehead atoms. The van der Waals surface area contributed by atoms with E-state index in [1.165, 1.54) is 13.2 Å². The molecule has 0 saturated heterocycles. The maximum atomic E-state index is 15.3. The van der Waals surface area contributed by atoms with Crippen molar-refractivity contribution >= 4 is 36.8 Å². The SMILES string of the molecule is Cn1c(=O)c(-c2c(F)ccc(NS(=O)(=O)N3C=CCC3)c2F)cc2cnc(S(C)(=O)=O)nc21. The number of fused-ring (bicyclic) bond motifs is 1. The number of pyridine rings is 1. The van der Waals surface area contributed by atoms with E-state index >= 15 is 4.39 Å². The topological polar surface area (TPSA) is 131 Å².